The molecule has 126 valence electrons. The van der Waals surface area contributed by atoms with Crippen LogP contribution in [0.3, 0.4) is 0 Å². The van der Waals surface area contributed by atoms with E-state index < -0.39 is 17.6 Å². The molecule has 0 spiro atoms. The van der Waals surface area contributed by atoms with E-state index in [1.165, 1.54) is 23.9 Å². The lowest BCUT2D eigenvalue weighted by atomic mass is 10.3. The molecule has 0 bridgehead atoms. The van der Waals surface area contributed by atoms with Gasteiger partial charge in [0.15, 0.2) is 18.2 Å². The van der Waals surface area contributed by atoms with Crippen molar-refractivity contribution >= 4 is 45.2 Å². The van der Waals surface area contributed by atoms with Crippen molar-refractivity contribution in [2.45, 2.75) is 4.90 Å². The summed E-state index contributed by atoms with van der Waals surface area (Å²) >= 11 is 4.36. The molecule has 3 N–H and O–H groups in total. The average Bonchev–Trinajstić information content (AvgIpc) is 2.53. The number of benzene rings is 2. The normalized spacial score (nSPS) is 10.2. The highest BCUT2D eigenvalue weighted by Gasteiger charge is 2.10. The van der Waals surface area contributed by atoms with Crippen molar-refractivity contribution in [1.29, 1.82) is 0 Å². The van der Waals surface area contributed by atoms with Gasteiger partial charge >= 0.3 is 0 Å². The number of hydrogen-bond acceptors (Lipinski definition) is 4. The molecular weight excluding hydrogens is 399 g/mol. The summed E-state index contributed by atoms with van der Waals surface area (Å²) in [6.07, 6.45) is 0. The van der Waals surface area contributed by atoms with Gasteiger partial charge in [0.25, 0.3) is 5.91 Å². The number of amides is 2. The van der Waals surface area contributed by atoms with Crippen LogP contribution in [0.2, 0.25) is 0 Å². The van der Waals surface area contributed by atoms with E-state index in [-0.39, 0.29) is 18.1 Å². The van der Waals surface area contributed by atoms with Crippen LogP contribution < -0.4 is 15.8 Å². The Morgan fingerprint density at radius 1 is 1.25 bits per heavy atom. The Bertz CT molecular complexity index is 758. The number of carbonyl (C=O) groups excluding carboxylic acids is 2. The third kappa shape index (κ3) is 5.54. The van der Waals surface area contributed by atoms with Gasteiger partial charge in [0, 0.05) is 9.37 Å². The van der Waals surface area contributed by atoms with Crippen LogP contribution in [0.5, 0.6) is 5.75 Å². The number of primary amides is 1. The highest BCUT2D eigenvalue weighted by atomic mass is 79.9. The van der Waals surface area contributed by atoms with Crippen LogP contribution >= 0.6 is 27.7 Å². The molecule has 8 heteroatoms. The summed E-state index contributed by atoms with van der Waals surface area (Å²) in [5.74, 6) is -1.35. The Kier molecular flexibility index (Phi) is 6.62. The van der Waals surface area contributed by atoms with E-state index in [0.29, 0.717) is 15.1 Å². The van der Waals surface area contributed by atoms with Gasteiger partial charge in [-0.05, 0) is 30.3 Å². The second kappa shape index (κ2) is 8.70. The first-order valence-corrected chi connectivity index (χ1v) is 8.61. The Balaban J connectivity index is 1.96. The molecule has 0 aliphatic rings. The average molecular weight is 413 g/mol. The van der Waals surface area contributed by atoms with Crippen molar-refractivity contribution in [3.8, 4) is 5.75 Å². The minimum Gasteiger partial charge on any atom is -0.481 e. The van der Waals surface area contributed by atoms with E-state index in [2.05, 4.69) is 21.2 Å². The summed E-state index contributed by atoms with van der Waals surface area (Å²) in [7, 11) is 0. The number of rotatable bonds is 7. The molecule has 0 aliphatic heterocycles. The molecule has 0 unspecified atom stereocenters. The fourth-order valence-electron chi connectivity index (χ4n) is 1.77. The van der Waals surface area contributed by atoms with Crippen LogP contribution in [0.1, 0.15) is 0 Å². The molecule has 2 rings (SSSR count). The summed E-state index contributed by atoms with van der Waals surface area (Å²) in [6.45, 7) is -0.340. The van der Waals surface area contributed by atoms with Crippen LogP contribution in [-0.2, 0) is 9.59 Å². The summed E-state index contributed by atoms with van der Waals surface area (Å²) in [6, 6.07) is 11.3. The number of nitrogens with two attached hydrogens (primary N) is 1. The number of para-hydroxylation sites is 1. The van der Waals surface area contributed by atoms with E-state index >= 15 is 0 Å². The van der Waals surface area contributed by atoms with Crippen LogP contribution in [0.15, 0.2) is 51.8 Å². The molecule has 2 amide bonds. The molecular formula is C16H14BrFN2O3S. The minimum atomic E-state index is -0.561. The van der Waals surface area contributed by atoms with Crippen LogP contribution in [0.25, 0.3) is 0 Å². The molecule has 0 saturated carbocycles. The topological polar surface area (TPSA) is 81.4 Å². The maximum Gasteiger partial charge on any atom is 0.262 e. The maximum atomic E-state index is 13.6. The summed E-state index contributed by atoms with van der Waals surface area (Å²) in [5, 5.41) is 2.67. The lowest BCUT2D eigenvalue weighted by Crippen LogP contribution is -2.21. The number of nitrogens with one attached hydrogen (secondary N) is 1. The zero-order valence-corrected chi connectivity index (χ0v) is 14.8. The number of ether oxygens (including phenoxy) is 1. The van der Waals surface area contributed by atoms with Gasteiger partial charge in [-0.1, -0.05) is 28.1 Å². The molecule has 5 nitrogen and oxygen atoms in total. The van der Waals surface area contributed by atoms with E-state index in [4.69, 9.17) is 10.5 Å². The van der Waals surface area contributed by atoms with E-state index in [1.807, 2.05) is 0 Å². The predicted octanol–water partition coefficient (Wildman–Crippen LogP) is 3.18. The van der Waals surface area contributed by atoms with Crippen molar-refractivity contribution in [3.63, 3.8) is 0 Å². The Morgan fingerprint density at radius 3 is 2.71 bits per heavy atom. The lowest BCUT2D eigenvalue weighted by Gasteiger charge is -2.11. The van der Waals surface area contributed by atoms with E-state index in [9.17, 15) is 14.0 Å². The molecule has 24 heavy (non-hydrogen) atoms. The molecule has 0 heterocycles. The molecule has 0 aromatic heterocycles. The van der Waals surface area contributed by atoms with E-state index in [0.717, 1.165) is 0 Å². The third-order valence-corrected chi connectivity index (χ3v) is 4.37. The first-order chi connectivity index (χ1) is 11.5. The number of hydrogen-bond donors (Lipinski definition) is 2. The van der Waals surface area contributed by atoms with Gasteiger partial charge in [0.2, 0.25) is 5.91 Å². The van der Waals surface area contributed by atoms with Gasteiger partial charge in [-0.2, -0.15) is 0 Å². The Labute approximate surface area is 150 Å². The van der Waals surface area contributed by atoms with E-state index in [1.54, 1.807) is 30.3 Å². The molecule has 2 aromatic rings. The van der Waals surface area contributed by atoms with Crippen molar-refractivity contribution in [1.82, 2.24) is 0 Å². The zero-order valence-electron chi connectivity index (χ0n) is 12.4. The summed E-state index contributed by atoms with van der Waals surface area (Å²) in [5.41, 5.74) is 5.66. The highest BCUT2D eigenvalue weighted by Crippen LogP contribution is 2.27. The van der Waals surface area contributed by atoms with Crippen LogP contribution in [0.4, 0.5) is 10.1 Å². The molecule has 0 aliphatic carbocycles. The molecule has 0 radical (unpaired) electrons. The van der Waals surface area contributed by atoms with Crippen molar-refractivity contribution in [2.24, 2.45) is 5.73 Å². The number of thioether (sulfide) groups is 1. The highest BCUT2D eigenvalue weighted by molar-refractivity contribution is 9.10. The quantitative estimate of drug-likeness (QED) is 0.684. The minimum absolute atomic E-state index is 0.00950. The second-order valence-corrected chi connectivity index (χ2v) is 6.60. The van der Waals surface area contributed by atoms with Gasteiger partial charge in [0.05, 0.1) is 11.4 Å². The number of anilines is 1. The number of halogens is 2. The van der Waals surface area contributed by atoms with Gasteiger partial charge in [-0.25, -0.2) is 4.39 Å². The molecule has 0 atom stereocenters. The zero-order chi connectivity index (χ0) is 17.5. The SMILES string of the molecule is NC(=O)CSc1ccccc1NC(=O)COc1ccc(Br)cc1F. The standard InChI is InChI=1S/C16H14BrFN2O3S/c17-10-5-6-13(11(18)7-10)23-8-16(22)20-12-3-1-2-4-14(12)24-9-15(19)21/h1-7H,8-9H2,(H2,19,21)(H,20,22). The van der Waals surface area contributed by atoms with Crippen LogP contribution in [-0.4, -0.2) is 24.2 Å². The fraction of sp³-hybridized carbons (Fsp3) is 0.125. The van der Waals surface area contributed by atoms with Crippen molar-refractivity contribution in [3.05, 3.63) is 52.8 Å². The lowest BCUT2D eigenvalue weighted by molar-refractivity contribution is -0.118. The largest absolute Gasteiger partial charge is 0.481 e. The Morgan fingerprint density at radius 2 is 2.00 bits per heavy atom. The maximum absolute atomic E-state index is 13.6. The molecule has 0 saturated heterocycles. The van der Waals surface area contributed by atoms with Gasteiger partial charge < -0.3 is 15.8 Å². The molecule has 2 aromatic carbocycles. The summed E-state index contributed by atoms with van der Waals surface area (Å²) < 4.78 is 19.4. The summed E-state index contributed by atoms with van der Waals surface area (Å²) in [4.78, 5) is 23.6. The van der Waals surface area contributed by atoms with Crippen molar-refractivity contribution < 1.29 is 18.7 Å². The van der Waals surface area contributed by atoms with Gasteiger partial charge in [-0.15, -0.1) is 11.8 Å². The first kappa shape index (κ1) is 18.3. The second-order valence-electron chi connectivity index (χ2n) is 4.66. The monoisotopic (exact) mass is 412 g/mol. The fourth-order valence-corrected chi connectivity index (χ4v) is 2.85. The first-order valence-electron chi connectivity index (χ1n) is 6.83. The number of carbonyl (C=O) groups is 2. The third-order valence-electron chi connectivity index (χ3n) is 2.78. The smallest absolute Gasteiger partial charge is 0.262 e. The Hall–Kier alpha value is -2.06. The predicted molar refractivity (Wildman–Crippen MR) is 94.6 cm³/mol. The molecule has 0 fully saturated rings. The van der Waals surface area contributed by atoms with Gasteiger partial charge in [-0.3, -0.25) is 9.59 Å². The van der Waals surface area contributed by atoms with Crippen molar-refractivity contribution in [2.75, 3.05) is 17.7 Å². The van der Waals surface area contributed by atoms with Crippen LogP contribution in [0, 0.1) is 5.82 Å². The van der Waals surface area contributed by atoms with Gasteiger partial charge in [0.1, 0.15) is 0 Å².